The molecule has 3 rings (SSSR count). The number of fused-ring (bicyclic) bond motifs is 1. The number of amides is 1. The lowest BCUT2D eigenvalue weighted by molar-refractivity contribution is -0.125. The van der Waals surface area contributed by atoms with Crippen molar-refractivity contribution in [1.82, 2.24) is 0 Å². The van der Waals surface area contributed by atoms with Crippen LogP contribution in [-0.2, 0) is 4.79 Å². The number of halogens is 2. The summed E-state index contributed by atoms with van der Waals surface area (Å²) >= 11 is 11.9. The van der Waals surface area contributed by atoms with Crippen molar-refractivity contribution >= 4 is 34.8 Å². The van der Waals surface area contributed by atoms with Crippen molar-refractivity contribution in [3.05, 3.63) is 52.5 Å². The minimum Gasteiger partial charge on any atom is -0.485 e. The second-order valence-electron chi connectivity index (χ2n) is 4.45. The number of benzene rings is 2. The Morgan fingerprint density at radius 3 is 2.67 bits per heavy atom. The van der Waals surface area contributed by atoms with E-state index in [9.17, 15) is 4.79 Å². The van der Waals surface area contributed by atoms with Gasteiger partial charge in [0.25, 0.3) is 5.91 Å². The van der Waals surface area contributed by atoms with Crippen LogP contribution in [0.4, 0.5) is 5.69 Å². The van der Waals surface area contributed by atoms with Crippen molar-refractivity contribution in [3.63, 3.8) is 0 Å². The zero-order valence-corrected chi connectivity index (χ0v) is 12.3. The Morgan fingerprint density at radius 1 is 1.10 bits per heavy atom. The molecule has 6 heteroatoms. The van der Waals surface area contributed by atoms with Crippen molar-refractivity contribution in [3.8, 4) is 11.5 Å². The normalized spacial score (nSPS) is 16.4. The minimum atomic E-state index is -0.741. The first-order valence-electron chi connectivity index (χ1n) is 6.28. The van der Waals surface area contributed by atoms with Crippen molar-refractivity contribution in [2.24, 2.45) is 0 Å². The van der Waals surface area contributed by atoms with E-state index >= 15 is 0 Å². The molecule has 0 aromatic heterocycles. The van der Waals surface area contributed by atoms with Crippen LogP contribution in [0.2, 0.25) is 10.0 Å². The lowest BCUT2D eigenvalue weighted by Gasteiger charge is -2.25. The Hall–Kier alpha value is -1.91. The molecule has 1 amide bonds. The van der Waals surface area contributed by atoms with Gasteiger partial charge in [-0.2, -0.15) is 0 Å². The molecular weight excluding hydrogens is 313 g/mol. The first kappa shape index (κ1) is 14.0. The van der Waals surface area contributed by atoms with Crippen molar-refractivity contribution < 1.29 is 14.3 Å². The molecule has 0 saturated heterocycles. The number of carbonyl (C=O) groups excluding carboxylic acids is 1. The van der Waals surface area contributed by atoms with E-state index in [1.807, 2.05) is 12.1 Å². The highest BCUT2D eigenvalue weighted by Gasteiger charge is 2.27. The Labute approximate surface area is 131 Å². The van der Waals surface area contributed by atoms with Crippen LogP contribution in [0, 0.1) is 0 Å². The fraction of sp³-hybridized carbons (Fsp3) is 0.133. The van der Waals surface area contributed by atoms with E-state index in [1.54, 1.807) is 30.3 Å². The molecule has 0 saturated carbocycles. The molecule has 1 aliphatic rings. The molecule has 0 spiro atoms. The summed E-state index contributed by atoms with van der Waals surface area (Å²) in [6.07, 6.45) is -0.741. The zero-order valence-electron chi connectivity index (χ0n) is 10.8. The molecule has 0 radical (unpaired) electrons. The van der Waals surface area contributed by atoms with E-state index in [4.69, 9.17) is 32.7 Å². The SMILES string of the molecule is O=C(Nc1cccc(Cl)c1Cl)[C@@H]1COc2ccccc2O1. The van der Waals surface area contributed by atoms with Gasteiger partial charge in [-0.1, -0.05) is 41.4 Å². The monoisotopic (exact) mass is 323 g/mol. The predicted octanol–water partition coefficient (Wildman–Crippen LogP) is 3.77. The second-order valence-corrected chi connectivity index (χ2v) is 5.24. The average Bonchev–Trinajstić information content (AvgIpc) is 2.51. The van der Waals surface area contributed by atoms with Crippen LogP contribution in [0.25, 0.3) is 0 Å². The third-order valence-electron chi connectivity index (χ3n) is 3.01. The lowest BCUT2D eigenvalue weighted by atomic mass is 10.2. The molecule has 1 heterocycles. The van der Waals surface area contributed by atoms with Crippen LogP contribution < -0.4 is 14.8 Å². The standard InChI is InChI=1S/C15H11Cl2NO3/c16-9-4-3-5-10(14(9)17)18-15(19)13-8-20-11-6-1-2-7-12(11)21-13/h1-7,13H,8H2,(H,18,19)/t13-/m0/s1. The number of ether oxygens (including phenoxy) is 2. The molecular formula is C15H11Cl2NO3. The summed E-state index contributed by atoms with van der Waals surface area (Å²) in [5.41, 5.74) is 0.441. The highest BCUT2D eigenvalue weighted by Crippen LogP contribution is 2.32. The summed E-state index contributed by atoms with van der Waals surface area (Å²) in [5.74, 6) is 0.831. The second kappa shape index (κ2) is 5.84. The van der Waals surface area contributed by atoms with Gasteiger partial charge >= 0.3 is 0 Å². The molecule has 0 unspecified atom stereocenters. The Morgan fingerprint density at radius 2 is 1.86 bits per heavy atom. The molecule has 0 aliphatic carbocycles. The lowest BCUT2D eigenvalue weighted by Crippen LogP contribution is -2.40. The quantitative estimate of drug-likeness (QED) is 0.915. The van der Waals surface area contributed by atoms with Gasteiger partial charge in [-0.25, -0.2) is 0 Å². The maximum Gasteiger partial charge on any atom is 0.269 e. The van der Waals surface area contributed by atoms with E-state index in [2.05, 4.69) is 5.32 Å². The maximum absolute atomic E-state index is 12.2. The zero-order chi connectivity index (χ0) is 14.8. The minimum absolute atomic E-state index is 0.140. The summed E-state index contributed by atoms with van der Waals surface area (Å²) in [6.45, 7) is 0.140. The summed E-state index contributed by atoms with van der Waals surface area (Å²) in [6, 6.07) is 12.2. The molecule has 1 atom stereocenters. The number of nitrogens with one attached hydrogen (secondary N) is 1. The summed E-state index contributed by atoms with van der Waals surface area (Å²) < 4.78 is 11.1. The van der Waals surface area contributed by atoms with Crippen molar-refractivity contribution in [1.29, 1.82) is 0 Å². The highest BCUT2D eigenvalue weighted by atomic mass is 35.5. The summed E-state index contributed by atoms with van der Waals surface area (Å²) in [7, 11) is 0. The molecule has 1 aliphatic heterocycles. The van der Waals surface area contributed by atoms with Crippen LogP contribution >= 0.6 is 23.2 Å². The summed E-state index contributed by atoms with van der Waals surface area (Å²) in [5, 5.41) is 3.36. The molecule has 21 heavy (non-hydrogen) atoms. The first-order valence-corrected chi connectivity index (χ1v) is 7.04. The highest BCUT2D eigenvalue weighted by molar-refractivity contribution is 6.44. The van der Waals surface area contributed by atoms with Crippen LogP contribution in [-0.4, -0.2) is 18.6 Å². The smallest absolute Gasteiger partial charge is 0.269 e. The molecule has 4 nitrogen and oxygen atoms in total. The van der Waals surface area contributed by atoms with Gasteiger partial charge in [-0.3, -0.25) is 4.79 Å². The van der Waals surface area contributed by atoms with Crippen LogP contribution in [0.1, 0.15) is 0 Å². The van der Waals surface area contributed by atoms with Gasteiger partial charge in [0, 0.05) is 0 Å². The Kier molecular flexibility index (Phi) is 3.90. The fourth-order valence-corrected chi connectivity index (χ4v) is 2.31. The molecule has 1 N–H and O–H groups in total. The van der Waals surface area contributed by atoms with E-state index < -0.39 is 6.10 Å². The largest absolute Gasteiger partial charge is 0.485 e. The van der Waals surface area contributed by atoms with Crippen LogP contribution in [0.5, 0.6) is 11.5 Å². The van der Waals surface area contributed by atoms with E-state index in [1.165, 1.54) is 0 Å². The molecule has 0 fully saturated rings. The number of hydrogen-bond donors (Lipinski definition) is 1. The number of hydrogen-bond acceptors (Lipinski definition) is 3. The van der Waals surface area contributed by atoms with Gasteiger partial charge in [0.2, 0.25) is 6.10 Å². The summed E-state index contributed by atoms with van der Waals surface area (Å²) in [4.78, 5) is 12.2. The number of carbonyl (C=O) groups is 1. The molecule has 2 aromatic rings. The van der Waals surface area contributed by atoms with Gasteiger partial charge in [-0.05, 0) is 24.3 Å². The predicted molar refractivity (Wildman–Crippen MR) is 81.4 cm³/mol. The van der Waals surface area contributed by atoms with Gasteiger partial charge in [0.15, 0.2) is 11.5 Å². The number of rotatable bonds is 2. The van der Waals surface area contributed by atoms with Crippen molar-refractivity contribution in [2.75, 3.05) is 11.9 Å². The van der Waals surface area contributed by atoms with Gasteiger partial charge in [0.1, 0.15) is 6.61 Å². The molecule has 2 aromatic carbocycles. The first-order chi connectivity index (χ1) is 10.1. The molecule has 0 bridgehead atoms. The van der Waals surface area contributed by atoms with E-state index in [0.717, 1.165) is 0 Å². The van der Waals surface area contributed by atoms with Crippen molar-refractivity contribution in [2.45, 2.75) is 6.10 Å². The third-order valence-corrected chi connectivity index (χ3v) is 3.83. The van der Waals surface area contributed by atoms with Gasteiger partial charge in [0.05, 0.1) is 15.7 Å². The van der Waals surface area contributed by atoms with Crippen LogP contribution in [0.3, 0.4) is 0 Å². The Balaban J connectivity index is 1.74. The van der Waals surface area contributed by atoms with Gasteiger partial charge < -0.3 is 14.8 Å². The third kappa shape index (κ3) is 2.91. The maximum atomic E-state index is 12.2. The average molecular weight is 324 g/mol. The van der Waals surface area contributed by atoms with E-state index in [0.29, 0.717) is 27.2 Å². The number of anilines is 1. The van der Waals surface area contributed by atoms with Crippen LogP contribution in [0.15, 0.2) is 42.5 Å². The fourth-order valence-electron chi connectivity index (χ4n) is 1.96. The molecule has 108 valence electrons. The number of para-hydroxylation sites is 2. The van der Waals surface area contributed by atoms with Gasteiger partial charge in [-0.15, -0.1) is 0 Å². The Bertz CT molecular complexity index is 690. The topological polar surface area (TPSA) is 47.6 Å². The van der Waals surface area contributed by atoms with E-state index in [-0.39, 0.29) is 12.5 Å².